The largest absolute Gasteiger partial charge is 0.355 e. The Bertz CT molecular complexity index is 980. The second-order valence-corrected chi connectivity index (χ2v) is 7.18. The Balaban J connectivity index is 1.54. The van der Waals surface area contributed by atoms with E-state index in [1.807, 2.05) is 49.4 Å². The summed E-state index contributed by atoms with van der Waals surface area (Å²) in [6, 6.07) is 15.8. The summed E-state index contributed by atoms with van der Waals surface area (Å²) in [6.45, 7) is 4.56. The average molecular weight is 372 g/mol. The number of rotatable bonds is 5. The van der Waals surface area contributed by atoms with Gasteiger partial charge in [0.25, 0.3) is 5.91 Å². The Kier molecular flexibility index (Phi) is 5.33. The number of benzene rings is 2. The molecule has 5 nitrogen and oxygen atoms in total. The number of nitrogens with zero attached hydrogens (tertiary/aromatic N) is 3. The van der Waals surface area contributed by atoms with Crippen molar-refractivity contribution >= 4 is 11.7 Å². The zero-order valence-corrected chi connectivity index (χ0v) is 16.1. The van der Waals surface area contributed by atoms with Crippen molar-refractivity contribution in [3.05, 3.63) is 77.6 Å². The first-order valence-electron chi connectivity index (χ1n) is 9.71. The predicted octanol–water partition coefficient (Wildman–Crippen LogP) is 3.98. The highest BCUT2D eigenvalue weighted by Gasteiger charge is 2.19. The van der Waals surface area contributed by atoms with Crippen LogP contribution >= 0.6 is 0 Å². The number of hydrogen-bond donors (Lipinski definition) is 1. The molecule has 2 heterocycles. The Morgan fingerprint density at radius 1 is 1.04 bits per heavy atom. The van der Waals surface area contributed by atoms with Crippen LogP contribution < -0.4 is 10.2 Å². The highest BCUT2D eigenvalue weighted by molar-refractivity contribution is 5.95. The molecule has 142 valence electrons. The van der Waals surface area contributed by atoms with E-state index in [1.54, 1.807) is 12.4 Å². The second kappa shape index (κ2) is 8.21. The number of hydrogen-bond acceptors (Lipinski definition) is 4. The van der Waals surface area contributed by atoms with Gasteiger partial charge in [-0.1, -0.05) is 42.0 Å². The van der Waals surface area contributed by atoms with Crippen molar-refractivity contribution in [1.82, 2.24) is 15.3 Å². The van der Waals surface area contributed by atoms with Crippen LogP contribution in [0.4, 0.5) is 5.82 Å². The Hall–Kier alpha value is -3.21. The molecule has 5 heteroatoms. The predicted molar refractivity (Wildman–Crippen MR) is 111 cm³/mol. The van der Waals surface area contributed by atoms with E-state index < -0.39 is 0 Å². The summed E-state index contributed by atoms with van der Waals surface area (Å²) in [4.78, 5) is 24.1. The summed E-state index contributed by atoms with van der Waals surface area (Å²) in [5, 5.41) is 3.01. The van der Waals surface area contributed by atoms with Gasteiger partial charge in [-0.05, 0) is 37.5 Å². The Morgan fingerprint density at radius 2 is 1.82 bits per heavy atom. The molecule has 1 fully saturated rings. The maximum absolute atomic E-state index is 12.7. The SMILES string of the molecule is Cc1cccc(CNC(=O)c2cccc(-c3nccnc3N3CCCC3)c2)c1. The van der Waals surface area contributed by atoms with Gasteiger partial charge in [0.15, 0.2) is 5.82 Å². The molecule has 1 aromatic heterocycles. The lowest BCUT2D eigenvalue weighted by atomic mass is 10.1. The van der Waals surface area contributed by atoms with Gasteiger partial charge in [-0.3, -0.25) is 9.78 Å². The summed E-state index contributed by atoms with van der Waals surface area (Å²) in [5.74, 6) is 0.812. The molecule has 28 heavy (non-hydrogen) atoms. The molecule has 0 saturated carbocycles. The van der Waals surface area contributed by atoms with Gasteiger partial charge >= 0.3 is 0 Å². The Morgan fingerprint density at radius 3 is 2.64 bits per heavy atom. The van der Waals surface area contributed by atoms with Gasteiger partial charge in [0.1, 0.15) is 5.69 Å². The molecule has 1 N–H and O–H groups in total. The van der Waals surface area contributed by atoms with E-state index in [-0.39, 0.29) is 5.91 Å². The smallest absolute Gasteiger partial charge is 0.251 e. The van der Waals surface area contributed by atoms with Gasteiger partial charge < -0.3 is 10.2 Å². The van der Waals surface area contributed by atoms with Crippen molar-refractivity contribution < 1.29 is 4.79 Å². The number of carbonyl (C=O) groups is 1. The second-order valence-electron chi connectivity index (χ2n) is 7.18. The van der Waals surface area contributed by atoms with Crippen LogP contribution in [0.3, 0.4) is 0 Å². The summed E-state index contributed by atoms with van der Waals surface area (Å²) >= 11 is 0. The number of aromatic nitrogens is 2. The fourth-order valence-corrected chi connectivity index (χ4v) is 3.61. The summed E-state index contributed by atoms with van der Waals surface area (Å²) in [6.07, 6.45) is 5.80. The lowest BCUT2D eigenvalue weighted by Crippen LogP contribution is -2.23. The normalized spacial score (nSPS) is 13.5. The van der Waals surface area contributed by atoms with Gasteiger partial charge in [-0.25, -0.2) is 4.98 Å². The maximum Gasteiger partial charge on any atom is 0.251 e. The molecule has 0 bridgehead atoms. The third-order valence-electron chi connectivity index (χ3n) is 5.02. The minimum Gasteiger partial charge on any atom is -0.355 e. The van der Waals surface area contributed by atoms with Crippen LogP contribution in [0.5, 0.6) is 0 Å². The average Bonchev–Trinajstić information content (AvgIpc) is 3.27. The molecule has 1 aliphatic rings. The topological polar surface area (TPSA) is 58.1 Å². The summed E-state index contributed by atoms with van der Waals surface area (Å²) in [5.41, 5.74) is 4.65. The van der Waals surface area contributed by atoms with E-state index in [2.05, 4.69) is 26.3 Å². The molecule has 1 saturated heterocycles. The molecule has 0 atom stereocenters. The summed E-state index contributed by atoms with van der Waals surface area (Å²) < 4.78 is 0. The zero-order chi connectivity index (χ0) is 19.3. The molecule has 4 rings (SSSR count). The van der Waals surface area contributed by atoms with Gasteiger partial charge in [0, 0.05) is 43.2 Å². The zero-order valence-electron chi connectivity index (χ0n) is 16.1. The standard InChI is InChI=1S/C23H24N4O/c1-17-6-4-7-18(14-17)16-26-23(28)20-9-5-8-19(15-20)21-22(25-11-10-24-21)27-12-2-3-13-27/h4-11,14-15H,2-3,12-13,16H2,1H3,(H,26,28). The maximum atomic E-state index is 12.7. The number of anilines is 1. The van der Waals surface area contributed by atoms with Crippen LogP contribution in [0.15, 0.2) is 60.9 Å². The Labute approximate surface area is 165 Å². The van der Waals surface area contributed by atoms with Crippen molar-refractivity contribution in [2.75, 3.05) is 18.0 Å². The highest BCUT2D eigenvalue weighted by Crippen LogP contribution is 2.29. The fourth-order valence-electron chi connectivity index (χ4n) is 3.61. The molecule has 0 aliphatic carbocycles. The first-order valence-corrected chi connectivity index (χ1v) is 9.71. The monoisotopic (exact) mass is 372 g/mol. The van der Waals surface area contributed by atoms with Crippen LogP contribution in [0.1, 0.15) is 34.3 Å². The van der Waals surface area contributed by atoms with Crippen LogP contribution in [-0.2, 0) is 6.54 Å². The number of nitrogens with one attached hydrogen (secondary N) is 1. The first kappa shape index (κ1) is 18.2. The highest BCUT2D eigenvalue weighted by atomic mass is 16.1. The molecule has 0 spiro atoms. The molecule has 2 aromatic carbocycles. The van der Waals surface area contributed by atoms with Crippen molar-refractivity contribution in [3.8, 4) is 11.3 Å². The fraction of sp³-hybridized carbons (Fsp3) is 0.261. The minimum absolute atomic E-state index is 0.0880. The number of carbonyl (C=O) groups excluding carboxylic acids is 1. The van der Waals surface area contributed by atoms with Crippen molar-refractivity contribution in [1.29, 1.82) is 0 Å². The van der Waals surface area contributed by atoms with Crippen molar-refractivity contribution in [3.63, 3.8) is 0 Å². The lowest BCUT2D eigenvalue weighted by Gasteiger charge is -2.19. The molecule has 0 unspecified atom stereocenters. The van der Waals surface area contributed by atoms with Crippen molar-refractivity contribution in [2.45, 2.75) is 26.3 Å². The van der Waals surface area contributed by atoms with Gasteiger partial charge in [-0.2, -0.15) is 0 Å². The van der Waals surface area contributed by atoms with Gasteiger partial charge in [-0.15, -0.1) is 0 Å². The van der Waals surface area contributed by atoms with E-state index in [9.17, 15) is 4.79 Å². The number of aryl methyl sites for hydroxylation is 1. The van der Waals surface area contributed by atoms with Crippen LogP contribution in [0, 0.1) is 6.92 Å². The van der Waals surface area contributed by atoms with Gasteiger partial charge in [0.2, 0.25) is 0 Å². The third kappa shape index (κ3) is 4.03. The molecule has 1 amide bonds. The van der Waals surface area contributed by atoms with Crippen LogP contribution in [0.25, 0.3) is 11.3 Å². The van der Waals surface area contributed by atoms with Gasteiger partial charge in [0.05, 0.1) is 0 Å². The van der Waals surface area contributed by atoms with E-state index in [4.69, 9.17) is 0 Å². The van der Waals surface area contributed by atoms with Crippen LogP contribution in [0.2, 0.25) is 0 Å². The summed E-state index contributed by atoms with van der Waals surface area (Å²) in [7, 11) is 0. The van der Waals surface area contributed by atoms with Crippen LogP contribution in [-0.4, -0.2) is 29.0 Å². The van der Waals surface area contributed by atoms with E-state index >= 15 is 0 Å². The van der Waals surface area contributed by atoms with E-state index in [0.717, 1.165) is 35.7 Å². The first-order chi connectivity index (χ1) is 13.7. The van der Waals surface area contributed by atoms with E-state index in [1.165, 1.54) is 18.4 Å². The molecule has 3 aromatic rings. The van der Waals surface area contributed by atoms with E-state index in [0.29, 0.717) is 12.1 Å². The molecule has 0 radical (unpaired) electrons. The van der Waals surface area contributed by atoms with Crippen molar-refractivity contribution in [2.24, 2.45) is 0 Å². The third-order valence-corrected chi connectivity index (χ3v) is 5.02. The number of amides is 1. The lowest BCUT2D eigenvalue weighted by molar-refractivity contribution is 0.0951. The molecule has 1 aliphatic heterocycles. The quantitative estimate of drug-likeness (QED) is 0.736. The minimum atomic E-state index is -0.0880. The molecular weight excluding hydrogens is 348 g/mol. The molecular formula is C23H24N4O.